The van der Waals surface area contributed by atoms with E-state index in [9.17, 15) is 9.50 Å². The van der Waals surface area contributed by atoms with Crippen LogP contribution in [-0.2, 0) is 24.2 Å². The maximum Gasteiger partial charge on any atom is 0.126 e. The van der Waals surface area contributed by atoms with Crippen LogP contribution in [0.5, 0.6) is 0 Å². The number of aliphatic hydroxyl groups excluding tert-OH is 1. The minimum absolute atomic E-state index is 0.0848. The average molecular weight is 367 g/mol. The highest BCUT2D eigenvalue weighted by atomic mass is 19.1. The molecule has 2 aromatic heterocycles. The molecule has 0 aliphatic carbocycles. The first kappa shape index (κ1) is 17.8. The normalized spacial score (nSPS) is 16.8. The van der Waals surface area contributed by atoms with Crippen LogP contribution in [0.2, 0.25) is 0 Å². The fourth-order valence-electron chi connectivity index (χ4n) is 3.57. The highest BCUT2D eigenvalue weighted by molar-refractivity contribution is 5.65. The van der Waals surface area contributed by atoms with E-state index in [0.29, 0.717) is 17.9 Å². The summed E-state index contributed by atoms with van der Waals surface area (Å²) in [6.07, 6.45) is 3.26. The lowest BCUT2D eigenvalue weighted by Gasteiger charge is -2.12. The summed E-state index contributed by atoms with van der Waals surface area (Å²) in [6, 6.07) is 8.80. The van der Waals surface area contributed by atoms with Crippen molar-refractivity contribution in [1.82, 2.24) is 14.8 Å². The van der Waals surface area contributed by atoms with Gasteiger partial charge < -0.3 is 9.84 Å². The predicted octanol–water partition coefficient (Wildman–Crippen LogP) is 3.38. The number of benzene rings is 1. The van der Waals surface area contributed by atoms with E-state index in [-0.39, 0.29) is 18.5 Å². The third-order valence-electron chi connectivity index (χ3n) is 4.96. The van der Waals surface area contributed by atoms with Crippen LogP contribution < -0.4 is 0 Å². The number of nitrogens with zero attached hydrogens (tertiary/aromatic N) is 3. The zero-order valence-electron chi connectivity index (χ0n) is 15.4. The van der Waals surface area contributed by atoms with Gasteiger partial charge in [0.15, 0.2) is 0 Å². The van der Waals surface area contributed by atoms with Crippen molar-refractivity contribution in [2.24, 2.45) is 0 Å². The second-order valence-corrected chi connectivity index (χ2v) is 6.95. The van der Waals surface area contributed by atoms with Crippen molar-refractivity contribution in [3.05, 3.63) is 64.9 Å². The number of pyridine rings is 1. The van der Waals surface area contributed by atoms with Gasteiger partial charge in [-0.1, -0.05) is 0 Å². The smallest absolute Gasteiger partial charge is 0.126 e. The maximum absolute atomic E-state index is 13.8. The van der Waals surface area contributed by atoms with E-state index in [1.54, 1.807) is 19.2 Å². The molecule has 0 bridgehead atoms. The number of hydrogen-bond acceptors (Lipinski definition) is 4. The number of halogens is 1. The standard InChI is InChI=1S/C21H22FN3O2/c1-13-9-17(3-4-19(13)22)25-20-10-14(2)27-8-6-18(20)21(24-25)15-5-7-23-16(11-15)12-26/h3-5,7,9,11,14,26H,6,8,10,12H2,1-2H3/t14-/m1/s1. The molecule has 1 aliphatic rings. The zero-order chi connectivity index (χ0) is 19.0. The van der Waals surface area contributed by atoms with Gasteiger partial charge in [0.2, 0.25) is 0 Å². The molecule has 0 unspecified atom stereocenters. The molecule has 6 heteroatoms. The molecule has 5 nitrogen and oxygen atoms in total. The molecule has 1 atom stereocenters. The minimum atomic E-state index is -0.226. The Kier molecular flexibility index (Phi) is 4.76. The van der Waals surface area contributed by atoms with Gasteiger partial charge in [-0.3, -0.25) is 4.98 Å². The van der Waals surface area contributed by atoms with Gasteiger partial charge in [0.25, 0.3) is 0 Å². The number of fused-ring (bicyclic) bond motifs is 1. The first-order valence-corrected chi connectivity index (χ1v) is 9.12. The molecule has 0 amide bonds. The van der Waals surface area contributed by atoms with Crippen molar-refractivity contribution in [3.63, 3.8) is 0 Å². The van der Waals surface area contributed by atoms with Gasteiger partial charge in [-0.05, 0) is 56.2 Å². The average Bonchev–Trinajstić information content (AvgIpc) is 2.90. The Bertz CT molecular complexity index is 984. The largest absolute Gasteiger partial charge is 0.390 e. The third kappa shape index (κ3) is 3.38. The molecular weight excluding hydrogens is 345 g/mol. The van der Waals surface area contributed by atoms with Gasteiger partial charge in [-0.2, -0.15) is 5.10 Å². The van der Waals surface area contributed by atoms with Crippen molar-refractivity contribution in [1.29, 1.82) is 0 Å². The maximum atomic E-state index is 13.8. The molecule has 140 valence electrons. The highest BCUT2D eigenvalue weighted by Gasteiger charge is 2.25. The van der Waals surface area contributed by atoms with E-state index >= 15 is 0 Å². The van der Waals surface area contributed by atoms with Gasteiger partial charge in [0.1, 0.15) is 5.82 Å². The predicted molar refractivity (Wildman–Crippen MR) is 100 cm³/mol. The SMILES string of the molecule is Cc1cc(-n2nc(-c3ccnc(CO)c3)c3c2C[C@@H](C)OCC3)ccc1F. The molecule has 1 aromatic carbocycles. The molecule has 4 rings (SSSR count). The summed E-state index contributed by atoms with van der Waals surface area (Å²) in [6.45, 7) is 4.32. The number of rotatable bonds is 3. The molecule has 0 saturated heterocycles. The third-order valence-corrected chi connectivity index (χ3v) is 4.96. The number of aromatic nitrogens is 3. The second kappa shape index (κ2) is 7.21. The van der Waals surface area contributed by atoms with Gasteiger partial charge in [0.05, 0.1) is 42.1 Å². The van der Waals surface area contributed by atoms with Crippen LogP contribution in [-0.4, -0.2) is 32.6 Å². The van der Waals surface area contributed by atoms with Gasteiger partial charge >= 0.3 is 0 Å². The Labute approximate surface area is 157 Å². The van der Waals surface area contributed by atoms with Crippen LogP contribution in [0.15, 0.2) is 36.5 Å². The second-order valence-electron chi connectivity index (χ2n) is 6.95. The van der Waals surface area contributed by atoms with Crippen LogP contribution in [0, 0.1) is 12.7 Å². The minimum Gasteiger partial charge on any atom is -0.390 e. The molecule has 0 saturated carbocycles. The van der Waals surface area contributed by atoms with Gasteiger partial charge in [-0.25, -0.2) is 9.07 Å². The molecule has 3 aromatic rings. The summed E-state index contributed by atoms with van der Waals surface area (Å²) in [5.41, 5.74) is 6.02. The zero-order valence-corrected chi connectivity index (χ0v) is 15.4. The molecule has 27 heavy (non-hydrogen) atoms. The van der Waals surface area contributed by atoms with Crippen molar-refractivity contribution >= 4 is 0 Å². The summed E-state index contributed by atoms with van der Waals surface area (Å²) in [7, 11) is 0. The first-order chi connectivity index (χ1) is 13.1. The highest BCUT2D eigenvalue weighted by Crippen LogP contribution is 2.31. The van der Waals surface area contributed by atoms with Crippen molar-refractivity contribution in [3.8, 4) is 16.9 Å². The number of hydrogen-bond donors (Lipinski definition) is 1. The summed E-state index contributed by atoms with van der Waals surface area (Å²) < 4.78 is 21.5. The van der Waals surface area contributed by atoms with Crippen molar-refractivity contribution < 1.29 is 14.2 Å². The van der Waals surface area contributed by atoms with Crippen LogP contribution in [0.25, 0.3) is 16.9 Å². The number of ether oxygens (including phenoxy) is 1. The van der Waals surface area contributed by atoms with Gasteiger partial charge in [0, 0.05) is 23.7 Å². The quantitative estimate of drug-likeness (QED) is 0.771. The van der Waals surface area contributed by atoms with Crippen LogP contribution in [0.4, 0.5) is 4.39 Å². The van der Waals surface area contributed by atoms with E-state index in [1.807, 2.05) is 22.9 Å². The summed E-state index contributed by atoms with van der Waals surface area (Å²) in [5.74, 6) is -0.226. The Morgan fingerprint density at radius 1 is 1.30 bits per heavy atom. The summed E-state index contributed by atoms with van der Waals surface area (Å²) in [4.78, 5) is 4.16. The molecule has 3 heterocycles. The fraction of sp³-hybridized carbons (Fsp3) is 0.333. The molecule has 1 aliphatic heterocycles. The lowest BCUT2D eigenvalue weighted by atomic mass is 10.0. The molecule has 0 radical (unpaired) electrons. The molecule has 0 spiro atoms. The van der Waals surface area contributed by atoms with Crippen LogP contribution in [0.1, 0.15) is 29.4 Å². The van der Waals surface area contributed by atoms with Crippen molar-refractivity contribution in [2.75, 3.05) is 6.61 Å². The summed E-state index contributed by atoms with van der Waals surface area (Å²) >= 11 is 0. The Balaban J connectivity index is 1.91. The lowest BCUT2D eigenvalue weighted by Crippen LogP contribution is -2.13. The molecule has 0 fully saturated rings. The Morgan fingerprint density at radius 2 is 2.15 bits per heavy atom. The van der Waals surface area contributed by atoms with E-state index in [0.717, 1.165) is 41.0 Å². The Morgan fingerprint density at radius 3 is 2.93 bits per heavy atom. The van der Waals surface area contributed by atoms with E-state index < -0.39 is 0 Å². The number of aryl methyl sites for hydroxylation is 1. The van der Waals surface area contributed by atoms with E-state index in [2.05, 4.69) is 11.9 Å². The van der Waals surface area contributed by atoms with E-state index in [4.69, 9.17) is 9.84 Å². The molecular formula is C21H22FN3O2. The first-order valence-electron chi connectivity index (χ1n) is 9.12. The lowest BCUT2D eigenvalue weighted by molar-refractivity contribution is 0.0735. The molecule has 1 N–H and O–H groups in total. The monoisotopic (exact) mass is 367 g/mol. The Hall–Kier alpha value is -2.57. The van der Waals surface area contributed by atoms with Crippen LogP contribution >= 0.6 is 0 Å². The van der Waals surface area contributed by atoms with E-state index in [1.165, 1.54) is 6.07 Å². The van der Waals surface area contributed by atoms with Gasteiger partial charge in [-0.15, -0.1) is 0 Å². The van der Waals surface area contributed by atoms with Crippen molar-refractivity contribution in [2.45, 2.75) is 39.4 Å². The summed E-state index contributed by atoms with van der Waals surface area (Å²) in [5, 5.41) is 14.3. The topological polar surface area (TPSA) is 60.2 Å². The fourth-order valence-corrected chi connectivity index (χ4v) is 3.57. The van der Waals surface area contributed by atoms with Crippen LogP contribution in [0.3, 0.4) is 0 Å². The number of aliphatic hydroxyl groups is 1.